The Kier molecular flexibility index (Phi) is 2.06. The number of pyridine rings is 1. The number of halogens is 1. The molecule has 1 aromatic rings. The zero-order valence-electron chi connectivity index (χ0n) is 5.13. The Morgan fingerprint density at radius 1 is 1.56 bits per heavy atom. The summed E-state index contributed by atoms with van der Waals surface area (Å²) in [5.74, 6) is 0. The normalized spacial score (nSPS) is 9.56. The highest BCUT2D eigenvalue weighted by Gasteiger charge is 1.88. The molecule has 1 radical (unpaired) electrons. The fraction of sp³-hybridized carbons (Fsp3) is 0.143. The lowest BCUT2D eigenvalue weighted by atomic mass is 10.2. The van der Waals surface area contributed by atoms with Gasteiger partial charge in [-0.2, -0.15) is 0 Å². The van der Waals surface area contributed by atoms with Crippen molar-refractivity contribution in [1.29, 1.82) is 0 Å². The van der Waals surface area contributed by atoms with E-state index in [4.69, 9.17) is 11.6 Å². The molecule has 0 aliphatic carbocycles. The van der Waals surface area contributed by atoms with E-state index in [-0.39, 0.29) is 0 Å². The molecule has 0 amide bonds. The summed E-state index contributed by atoms with van der Waals surface area (Å²) in [5.41, 5.74) is 1.10. The Labute approximate surface area is 59.7 Å². The van der Waals surface area contributed by atoms with Crippen LogP contribution in [0.4, 0.5) is 0 Å². The molecule has 0 aromatic carbocycles. The van der Waals surface area contributed by atoms with Gasteiger partial charge in [-0.05, 0) is 18.1 Å². The molecule has 0 aliphatic rings. The van der Waals surface area contributed by atoms with Gasteiger partial charge in [0.05, 0.1) is 0 Å². The molecule has 0 atom stereocenters. The van der Waals surface area contributed by atoms with Crippen LogP contribution in [0.5, 0.6) is 0 Å². The Hall–Kier alpha value is -0.560. The van der Waals surface area contributed by atoms with Crippen LogP contribution >= 0.6 is 11.6 Å². The minimum absolute atomic E-state index is 0.542. The van der Waals surface area contributed by atoms with Crippen molar-refractivity contribution in [2.24, 2.45) is 0 Å². The Bertz CT molecular complexity index is 181. The van der Waals surface area contributed by atoms with E-state index in [1.54, 1.807) is 12.3 Å². The van der Waals surface area contributed by atoms with Gasteiger partial charge in [-0.25, -0.2) is 4.98 Å². The third-order valence-corrected chi connectivity index (χ3v) is 1.31. The summed E-state index contributed by atoms with van der Waals surface area (Å²) in [6.07, 6.45) is 3.71. The van der Waals surface area contributed by atoms with Crippen molar-refractivity contribution in [2.75, 3.05) is 0 Å². The summed E-state index contributed by atoms with van der Waals surface area (Å²) in [7, 11) is 0. The molecule has 1 aromatic heterocycles. The van der Waals surface area contributed by atoms with Gasteiger partial charge in [0.15, 0.2) is 0 Å². The van der Waals surface area contributed by atoms with Gasteiger partial charge < -0.3 is 0 Å². The second-order valence-electron chi connectivity index (χ2n) is 1.70. The van der Waals surface area contributed by atoms with Gasteiger partial charge in [0, 0.05) is 6.20 Å². The molecule has 1 nitrogen and oxygen atoms in total. The molecule has 1 rings (SSSR count). The fourth-order valence-corrected chi connectivity index (χ4v) is 0.670. The number of nitrogens with zero attached hydrogens (tertiary/aromatic N) is 1. The van der Waals surface area contributed by atoms with Gasteiger partial charge in [0.2, 0.25) is 0 Å². The molecule has 0 spiro atoms. The zero-order valence-corrected chi connectivity index (χ0v) is 5.89. The van der Waals surface area contributed by atoms with E-state index in [2.05, 4.69) is 4.98 Å². The molecule has 9 heavy (non-hydrogen) atoms. The quantitative estimate of drug-likeness (QED) is 0.546. The molecular weight excluding hydrogens is 134 g/mol. The van der Waals surface area contributed by atoms with Crippen LogP contribution in [-0.2, 0) is 0 Å². The molecule has 2 heteroatoms. The lowest BCUT2D eigenvalue weighted by molar-refractivity contribution is 1.27. The van der Waals surface area contributed by atoms with Gasteiger partial charge >= 0.3 is 0 Å². The van der Waals surface area contributed by atoms with Crippen molar-refractivity contribution in [2.45, 2.75) is 6.92 Å². The molecule has 0 bridgehead atoms. The van der Waals surface area contributed by atoms with Crippen LogP contribution in [0.2, 0.25) is 5.15 Å². The molecule has 0 unspecified atom stereocenters. The minimum atomic E-state index is 0.542. The van der Waals surface area contributed by atoms with Crippen molar-refractivity contribution in [3.8, 4) is 0 Å². The third kappa shape index (κ3) is 1.68. The monoisotopic (exact) mass is 140 g/mol. The van der Waals surface area contributed by atoms with Crippen LogP contribution in [0.1, 0.15) is 12.5 Å². The Morgan fingerprint density at radius 3 is 2.78 bits per heavy atom. The highest BCUT2D eigenvalue weighted by molar-refractivity contribution is 6.29. The fourth-order valence-electron chi connectivity index (χ4n) is 0.558. The van der Waals surface area contributed by atoms with Crippen molar-refractivity contribution in [1.82, 2.24) is 4.98 Å². The lowest BCUT2D eigenvalue weighted by Crippen LogP contribution is -1.78. The number of aromatic nitrogens is 1. The van der Waals surface area contributed by atoms with E-state index in [9.17, 15) is 0 Å². The van der Waals surface area contributed by atoms with Gasteiger partial charge in [0.25, 0.3) is 0 Å². The first kappa shape index (κ1) is 6.56. The van der Waals surface area contributed by atoms with E-state index >= 15 is 0 Å². The van der Waals surface area contributed by atoms with Gasteiger partial charge in [0.1, 0.15) is 5.15 Å². The van der Waals surface area contributed by atoms with E-state index in [0.717, 1.165) is 5.56 Å². The van der Waals surface area contributed by atoms with E-state index in [0.29, 0.717) is 5.15 Å². The predicted molar refractivity (Wildman–Crippen MR) is 38.3 cm³/mol. The highest BCUT2D eigenvalue weighted by atomic mass is 35.5. The van der Waals surface area contributed by atoms with Crippen molar-refractivity contribution >= 4 is 11.6 Å². The average molecular weight is 141 g/mol. The van der Waals surface area contributed by atoms with E-state index < -0.39 is 0 Å². The van der Waals surface area contributed by atoms with Crippen LogP contribution in [0.15, 0.2) is 18.3 Å². The summed E-state index contributed by atoms with van der Waals surface area (Å²) < 4.78 is 0. The van der Waals surface area contributed by atoms with Crippen molar-refractivity contribution in [3.63, 3.8) is 0 Å². The molecule has 0 aliphatic heterocycles. The van der Waals surface area contributed by atoms with Crippen LogP contribution in [0.3, 0.4) is 0 Å². The standard InChI is InChI=1S/C7H7ClN/c1-2-6-3-4-7(8)9-5-6/h2-5H,1H3. The molecule has 47 valence electrons. The molecule has 1 heterocycles. The topological polar surface area (TPSA) is 12.9 Å². The van der Waals surface area contributed by atoms with Gasteiger partial charge in [-0.15, -0.1) is 0 Å². The number of hydrogen-bond donors (Lipinski definition) is 0. The molecule has 0 fully saturated rings. The second-order valence-corrected chi connectivity index (χ2v) is 2.09. The molecule has 0 saturated carbocycles. The number of rotatable bonds is 1. The lowest BCUT2D eigenvalue weighted by Gasteiger charge is -1.91. The van der Waals surface area contributed by atoms with Crippen LogP contribution in [-0.4, -0.2) is 4.98 Å². The van der Waals surface area contributed by atoms with E-state index in [1.165, 1.54) is 0 Å². The summed E-state index contributed by atoms with van der Waals surface area (Å²) >= 11 is 5.54. The van der Waals surface area contributed by atoms with Crippen molar-refractivity contribution < 1.29 is 0 Å². The first-order chi connectivity index (χ1) is 4.33. The highest BCUT2D eigenvalue weighted by Crippen LogP contribution is 2.05. The Morgan fingerprint density at radius 2 is 2.33 bits per heavy atom. The summed E-state index contributed by atoms with van der Waals surface area (Å²) in [4.78, 5) is 3.88. The Balaban J connectivity index is 2.88. The minimum Gasteiger partial charge on any atom is -0.244 e. The maximum Gasteiger partial charge on any atom is 0.129 e. The first-order valence-electron chi connectivity index (χ1n) is 2.74. The summed E-state index contributed by atoms with van der Waals surface area (Å²) in [6, 6.07) is 3.70. The van der Waals surface area contributed by atoms with Crippen LogP contribution in [0.25, 0.3) is 0 Å². The molecular formula is C7H7ClN. The van der Waals surface area contributed by atoms with E-state index in [1.807, 2.05) is 19.4 Å². The number of hydrogen-bond acceptors (Lipinski definition) is 1. The average Bonchev–Trinajstić information content (AvgIpc) is 1.90. The first-order valence-corrected chi connectivity index (χ1v) is 3.11. The second kappa shape index (κ2) is 2.83. The zero-order chi connectivity index (χ0) is 6.69. The largest absolute Gasteiger partial charge is 0.244 e. The molecule has 0 N–H and O–H groups in total. The SMILES string of the molecule is C[CH]c1ccc(Cl)nc1. The maximum absolute atomic E-state index is 5.54. The van der Waals surface area contributed by atoms with Gasteiger partial charge in [-0.1, -0.05) is 24.6 Å². The van der Waals surface area contributed by atoms with Crippen molar-refractivity contribution in [3.05, 3.63) is 35.5 Å². The molecule has 0 saturated heterocycles. The smallest absolute Gasteiger partial charge is 0.129 e. The maximum atomic E-state index is 5.54. The van der Waals surface area contributed by atoms with Gasteiger partial charge in [-0.3, -0.25) is 0 Å². The van der Waals surface area contributed by atoms with Crippen LogP contribution in [0, 0.1) is 6.42 Å². The predicted octanol–water partition coefficient (Wildman–Crippen LogP) is 2.31. The summed E-state index contributed by atoms with van der Waals surface area (Å²) in [6.45, 7) is 1.96. The third-order valence-electron chi connectivity index (χ3n) is 1.08. The van der Waals surface area contributed by atoms with Crippen LogP contribution < -0.4 is 0 Å². The summed E-state index contributed by atoms with van der Waals surface area (Å²) in [5, 5.41) is 0.542.